The van der Waals surface area contributed by atoms with Gasteiger partial charge in [-0.05, 0) is 24.6 Å². The fraction of sp³-hybridized carbons (Fsp3) is 0.400. The van der Waals surface area contributed by atoms with E-state index < -0.39 is 24.5 Å². The van der Waals surface area contributed by atoms with Crippen molar-refractivity contribution in [1.29, 1.82) is 0 Å². The molecule has 0 spiro atoms. The Kier molecular flexibility index (Phi) is 5.72. The van der Waals surface area contributed by atoms with Crippen molar-refractivity contribution in [3.8, 4) is 0 Å². The minimum atomic E-state index is -4.35. The van der Waals surface area contributed by atoms with Crippen molar-refractivity contribution in [1.82, 2.24) is 4.98 Å². The van der Waals surface area contributed by atoms with Crippen LogP contribution in [0.3, 0.4) is 0 Å². The van der Waals surface area contributed by atoms with Crippen LogP contribution < -0.4 is 24.0 Å². The number of carbonyl (C=O) groups excluding carboxylic acids is 1. The van der Waals surface area contributed by atoms with E-state index in [2.05, 4.69) is 4.98 Å². The largest absolute Gasteiger partial charge is 1.00 e. The van der Waals surface area contributed by atoms with Crippen LogP contribution in [0.2, 0.25) is 0 Å². The standard InChI is InChI=1S/C10H10F3NO2.Li/c1-6(10(11,12)13)7-2-3-14-8(4-7)5-9(15)16;/h2-4,6H,5H2,1H3,(H,15,16);/q;+1/p-1. The van der Waals surface area contributed by atoms with Gasteiger partial charge >= 0.3 is 25.0 Å². The first-order valence-corrected chi connectivity index (χ1v) is 4.52. The second kappa shape index (κ2) is 6.08. The first-order valence-electron chi connectivity index (χ1n) is 4.52. The molecule has 0 amide bonds. The maximum atomic E-state index is 12.4. The molecule has 1 unspecified atom stereocenters. The molecule has 0 aromatic carbocycles. The SMILES string of the molecule is CC(c1ccnc(CC(=O)[O-])c1)C(F)(F)F.[Li+]. The predicted molar refractivity (Wildman–Crippen MR) is 47.4 cm³/mol. The molecule has 0 N–H and O–H groups in total. The maximum Gasteiger partial charge on any atom is 1.00 e. The average molecular weight is 239 g/mol. The van der Waals surface area contributed by atoms with Crippen LogP contribution in [0.4, 0.5) is 13.2 Å². The van der Waals surface area contributed by atoms with Gasteiger partial charge in [-0.15, -0.1) is 0 Å². The van der Waals surface area contributed by atoms with E-state index in [1.165, 1.54) is 6.07 Å². The number of hydrogen-bond acceptors (Lipinski definition) is 3. The van der Waals surface area contributed by atoms with E-state index in [1.54, 1.807) is 0 Å². The molecule has 0 bridgehead atoms. The Bertz CT molecular complexity index is 395. The zero-order chi connectivity index (χ0) is 12.3. The number of rotatable bonds is 3. The van der Waals surface area contributed by atoms with Crippen LogP contribution >= 0.6 is 0 Å². The molecular weight excluding hydrogens is 230 g/mol. The van der Waals surface area contributed by atoms with Crippen molar-refractivity contribution in [2.24, 2.45) is 0 Å². The number of aliphatic carboxylic acids is 1. The molecule has 17 heavy (non-hydrogen) atoms. The van der Waals surface area contributed by atoms with Gasteiger partial charge in [0.2, 0.25) is 0 Å². The van der Waals surface area contributed by atoms with E-state index in [1.807, 2.05) is 0 Å². The Morgan fingerprint density at radius 3 is 2.59 bits per heavy atom. The number of carboxylic acids is 1. The van der Waals surface area contributed by atoms with Crippen LogP contribution in [-0.2, 0) is 11.2 Å². The number of carboxylic acid groups (broad SMARTS) is 1. The predicted octanol–water partition coefficient (Wildman–Crippen LogP) is -1.96. The van der Waals surface area contributed by atoms with Crippen LogP contribution in [0, 0.1) is 0 Å². The van der Waals surface area contributed by atoms with Crippen molar-refractivity contribution < 1.29 is 41.9 Å². The molecule has 0 saturated heterocycles. The number of pyridine rings is 1. The number of alkyl halides is 3. The third-order valence-corrected chi connectivity index (χ3v) is 2.16. The zero-order valence-corrected chi connectivity index (χ0v) is 9.41. The van der Waals surface area contributed by atoms with Gasteiger partial charge in [-0.25, -0.2) is 0 Å². The second-order valence-electron chi connectivity index (χ2n) is 3.39. The molecule has 0 aliphatic carbocycles. The van der Waals surface area contributed by atoms with Crippen LogP contribution in [0.1, 0.15) is 24.1 Å². The Morgan fingerprint density at radius 1 is 1.53 bits per heavy atom. The summed E-state index contributed by atoms with van der Waals surface area (Å²) >= 11 is 0. The molecule has 1 atom stereocenters. The molecule has 3 nitrogen and oxygen atoms in total. The van der Waals surface area contributed by atoms with E-state index in [0.29, 0.717) is 0 Å². The van der Waals surface area contributed by atoms with Gasteiger partial charge < -0.3 is 9.90 Å². The first kappa shape index (κ1) is 16.0. The molecule has 1 heterocycles. The quantitative estimate of drug-likeness (QED) is 0.576. The smallest absolute Gasteiger partial charge is 0.550 e. The van der Waals surface area contributed by atoms with E-state index >= 15 is 0 Å². The molecule has 1 rings (SSSR count). The van der Waals surface area contributed by atoms with Gasteiger partial charge in [0.05, 0.1) is 5.92 Å². The Morgan fingerprint density at radius 2 is 2.12 bits per heavy atom. The summed E-state index contributed by atoms with van der Waals surface area (Å²) in [6, 6.07) is 2.35. The van der Waals surface area contributed by atoms with Crippen LogP contribution in [-0.4, -0.2) is 17.1 Å². The molecule has 0 saturated carbocycles. The number of carbonyl (C=O) groups is 1. The van der Waals surface area contributed by atoms with Gasteiger partial charge in [-0.3, -0.25) is 4.98 Å². The Balaban J connectivity index is 0.00000256. The molecular formula is C10H9F3LiNO2. The fourth-order valence-corrected chi connectivity index (χ4v) is 1.20. The third kappa shape index (κ3) is 4.80. The van der Waals surface area contributed by atoms with Gasteiger partial charge in [0.25, 0.3) is 0 Å². The summed E-state index contributed by atoms with van der Waals surface area (Å²) in [5, 5.41) is 10.3. The summed E-state index contributed by atoms with van der Waals surface area (Å²) in [6.07, 6.45) is -3.67. The summed E-state index contributed by atoms with van der Waals surface area (Å²) in [7, 11) is 0. The molecule has 0 aliphatic heterocycles. The fourth-order valence-electron chi connectivity index (χ4n) is 1.20. The summed E-state index contributed by atoms with van der Waals surface area (Å²) in [6.45, 7) is 1.01. The van der Waals surface area contributed by atoms with Crippen molar-refractivity contribution in [2.75, 3.05) is 0 Å². The number of hydrogen-bond donors (Lipinski definition) is 0. The van der Waals surface area contributed by atoms with Crippen molar-refractivity contribution >= 4 is 5.97 Å². The molecule has 0 fully saturated rings. The summed E-state index contributed by atoms with van der Waals surface area (Å²) < 4.78 is 37.1. The minimum Gasteiger partial charge on any atom is -0.550 e. The Labute approximate surface area is 108 Å². The molecule has 0 radical (unpaired) electrons. The van der Waals surface area contributed by atoms with Crippen molar-refractivity contribution in [2.45, 2.75) is 25.4 Å². The van der Waals surface area contributed by atoms with Crippen molar-refractivity contribution in [3.63, 3.8) is 0 Å². The summed E-state index contributed by atoms with van der Waals surface area (Å²) in [5.41, 5.74) is 0.0624. The topological polar surface area (TPSA) is 53.0 Å². The summed E-state index contributed by atoms with van der Waals surface area (Å²) in [4.78, 5) is 13.9. The molecule has 0 aliphatic rings. The van der Waals surface area contributed by atoms with E-state index in [0.717, 1.165) is 19.2 Å². The van der Waals surface area contributed by atoms with Crippen molar-refractivity contribution in [3.05, 3.63) is 29.6 Å². The third-order valence-electron chi connectivity index (χ3n) is 2.16. The average Bonchev–Trinajstić information content (AvgIpc) is 2.14. The number of halogens is 3. The van der Waals surface area contributed by atoms with Gasteiger partial charge in [0, 0.05) is 24.3 Å². The Hall–Kier alpha value is -0.993. The minimum absolute atomic E-state index is 0. The molecule has 1 aromatic heterocycles. The van der Waals surface area contributed by atoms with Gasteiger partial charge in [0.15, 0.2) is 0 Å². The van der Waals surface area contributed by atoms with E-state index in [-0.39, 0.29) is 30.1 Å². The zero-order valence-electron chi connectivity index (χ0n) is 9.41. The molecule has 1 aromatic rings. The normalized spacial score (nSPS) is 12.7. The van der Waals surface area contributed by atoms with Gasteiger partial charge in [0.1, 0.15) is 0 Å². The van der Waals surface area contributed by atoms with Gasteiger partial charge in [-0.2, -0.15) is 13.2 Å². The van der Waals surface area contributed by atoms with Crippen LogP contribution in [0.5, 0.6) is 0 Å². The monoisotopic (exact) mass is 239 g/mol. The van der Waals surface area contributed by atoms with Crippen LogP contribution in [0.15, 0.2) is 18.3 Å². The number of aromatic nitrogens is 1. The first-order chi connectivity index (χ1) is 7.30. The van der Waals surface area contributed by atoms with Gasteiger partial charge in [-0.1, -0.05) is 0 Å². The number of nitrogens with zero attached hydrogens (tertiary/aromatic N) is 1. The van der Waals surface area contributed by atoms with E-state index in [4.69, 9.17) is 0 Å². The van der Waals surface area contributed by atoms with Crippen LogP contribution in [0.25, 0.3) is 0 Å². The summed E-state index contributed by atoms with van der Waals surface area (Å²) in [5.74, 6) is -3.01. The maximum absolute atomic E-state index is 12.4. The van der Waals surface area contributed by atoms with E-state index in [9.17, 15) is 23.1 Å². The molecule has 7 heteroatoms. The molecule has 88 valence electrons. The second-order valence-corrected chi connectivity index (χ2v) is 3.39.